The number of aromatic amines is 1. The number of fused-ring (bicyclic) bond motifs is 3. The summed E-state index contributed by atoms with van der Waals surface area (Å²) in [5, 5.41) is 11.3. The summed E-state index contributed by atoms with van der Waals surface area (Å²) in [6.07, 6.45) is 0. The zero-order valence-electron chi connectivity index (χ0n) is 17.8. The molecule has 0 aliphatic rings. The molecule has 0 fully saturated rings. The van der Waals surface area contributed by atoms with Crippen molar-refractivity contribution in [3.8, 4) is 34.0 Å². The van der Waals surface area contributed by atoms with Crippen LogP contribution in [0.15, 0.2) is 71.6 Å². The lowest BCUT2D eigenvalue weighted by molar-refractivity contribution is 0.416. The molecule has 4 aromatic carbocycles. The molecule has 5 rings (SSSR count). The van der Waals surface area contributed by atoms with Crippen LogP contribution in [0.25, 0.3) is 44.3 Å². The van der Waals surface area contributed by atoms with E-state index in [0.29, 0.717) is 33.4 Å². The lowest BCUT2D eigenvalue weighted by Gasteiger charge is -2.09. The highest BCUT2D eigenvalue weighted by Gasteiger charge is 2.18. The number of nitrogens with zero attached hydrogens (tertiary/aromatic N) is 1. The third kappa shape index (κ3) is 3.69. The topological polar surface area (TPSA) is 113 Å². The van der Waals surface area contributed by atoms with Gasteiger partial charge in [-0.1, -0.05) is 42.0 Å². The number of aromatic hydroxyl groups is 1. The van der Waals surface area contributed by atoms with E-state index in [1.807, 2.05) is 25.1 Å². The van der Waals surface area contributed by atoms with Crippen LogP contribution in [-0.4, -0.2) is 35.2 Å². The van der Waals surface area contributed by atoms with Gasteiger partial charge in [-0.05, 0) is 47.7 Å². The Morgan fingerprint density at radius 2 is 1.67 bits per heavy atom. The van der Waals surface area contributed by atoms with Gasteiger partial charge in [0, 0.05) is 6.07 Å². The van der Waals surface area contributed by atoms with Gasteiger partial charge >= 0.3 is 0 Å². The van der Waals surface area contributed by atoms with Crippen LogP contribution in [0.2, 0.25) is 0 Å². The number of nitrogens with one attached hydrogen (secondary N) is 1. The Balaban J connectivity index is 1.65. The van der Waals surface area contributed by atoms with Gasteiger partial charge in [0.25, 0.3) is 10.1 Å². The van der Waals surface area contributed by atoms with E-state index in [-0.39, 0.29) is 10.6 Å². The van der Waals surface area contributed by atoms with Gasteiger partial charge in [-0.15, -0.1) is 0 Å². The van der Waals surface area contributed by atoms with Gasteiger partial charge in [0.1, 0.15) is 22.8 Å². The number of methoxy groups -OCH3 is 1. The third-order valence-corrected chi connectivity index (χ3v) is 6.49. The molecule has 166 valence electrons. The van der Waals surface area contributed by atoms with Crippen molar-refractivity contribution in [3.63, 3.8) is 0 Å². The molecule has 0 spiro atoms. The lowest BCUT2D eigenvalue weighted by atomic mass is 10.0. The molecule has 0 aliphatic heterocycles. The van der Waals surface area contributed by atoms with E-state index in [0.717, 1.165) is 22.8 Å². The van der Waals surface area contributed by atoms with Gasteiger partial charge in [0.05, 0.1) is 28.5 Å². The summed E-state index contributed by atoms with van der Waals surface area (Å²) in [5.41, 5.74) is 5.15. The van der Waals surface area contributed by atoms with E-state index < -0.39 is 10.1 Å². The highest BCUT2D eigenvalue weighted by Crippen LogP contribution is 2.37. The highest BCUT2D eigenvalue weighted by atomic mass is 32.2. The molecule has 33 heavy (non-hydrogen) atoms. The molecule has 0 bridgehead atoms. The zero-order valence-corrected chi connectivity index (χ0v) is 18.6. The van der Waals surface area contributed by atoms with Crippen LogP contribution >= 0.6 is 0 Å². The molecular formula is C25H20N2O5S. The number of aromatic nitrogens is 2. The van der Waals surface area contributed by atoms with Crippen LogP contribution in [-0.2, 0) is 10.1 Å². The molecule has 7 nitrogen and oxygen atoms in total. The predicted octanol–water partition coefficient (Wildman–Crippen LogP) is 5.32. The van der Waals surface area contributed by atoms with E-state index in [1.54, 1.807) is 19.2 Å². The van der Waals surface area contributed by atoms with Crippen LogP contribution in [0.5, 0.6) is 11.5 Å². The average molecular weight is 461 g/mol. The Bertz CT molecular complexity index is 1640. The number of phenolic OH excluding ortho intramolecular Hbond substituents is 1. The van der Waals surface area contributed by atoms with Gasteiger partial charge in [-0.25, -0.2) is 4.98 Å². The molecule has 0 amide bonds. The van der Waals surface area contributed by atoms with E-state index in [2.05, 4.69) is 34.2 Å². The van der Waals surface area contributed by atoms with Crippen LogP contribution in [0.1, 0.15) is 5.56 Å². The molecule has 3 N–H and O–H groups in total. The summed E-state index contributed by atoms with van der Waals surface area (Å²) >= 11 is 0. The fourth-order valence-corrected chi connectivity index (χ4v) is 4.51. The number of ether oxygens (including phenoxy) is 1. The van der Waals surface area contributed by atoms with Gasteiger partial charge in [-0.3, -0.25) is 4.55 Å². The number of rotatable bonds is 4. The molecule has 1 heterocycles. The van der Waals surface area contributed by atoms with Crippen LogP contribution in [0.4, 0.5) is 0 Å². The Kier molecular flexibility index (Phi) is 4.84. The van der Waals surface area contributed by atoms with Crippen molar-refractivity contribution in [1.82, 2.24) is 9.97 Å². The smallest absolute Gasteiger partial charge is 0.294 e. The minimum Gasteiger partial charge on any atom is -0.507 e. The van der Waals surface area contributed by atoms with Crippen LogP contribution in [0, 0.1) is 6.92 Å². The SMILES string of the molecule is COc1cc(-c2ccc(C)cc2)ccc1-c1nc2c(ccc3cc(S(=O)(=O)O)cc(O)c32)[nH]1. The second-order valence-corrected chi connectivity index (χ2v) is 9.27. The van der Waals surface area contributed by atoms with Crippen molar-refractivity contribution in [2.45, 2.75) is 11.8 Å². The summed E-state index contributed by atoms with van der Waals surface area (Å²) in [4.78, 5) is 7.55. The second kappa shape index (κ2) is 7.61. The van der Waals surface area contributed by atoms with Gasteiger partial charge in [0.15, 0.2) is 0 Å². The number of hydrogen-bond donors (Lipinski definition) is 3. The fourth-order valence-electron chi connectivity index (χ4n) is 3.97. The van der Waals surface area contributed by atoms with Crippen molar-refractivity contribution in [1.29, 1.82) is 0 Å². The first-order chi connectivity index (χ1) is 15.7. The van der Waals surface area contributed by atoms with Crippen molar-refractivity contribution in [2.75, 3.05) is 7.11 Å². The zero-order chi connectivity index (χ0) is 23.3. The van der Waals surface area contributed by atoms with E-state index in [1.165, 1.54) is 11.6 Å². The maximum absolute atomic E-state index is 11.5. The number of aryl methyl sites for hydroxylation is 1. The molecule has 8 heteroatoms. The summed E-state index contributed by atoms with van der Waals surface area (Å²) in [7, 11) is -2.86. The molecule has 1 aromatic heterocycles. The van der Waals surface area contributed by atoms with Crippen molar-refractivity contribution < 1.29 is 22.8 Å². The fraction of sp³-hybridized carbons (Fsp3) is 0.0800. The molecular weight excluding hydrogens is 440 g/mol. The number of imidazole rings is 1. The van der Waals surface area contributed by atoms with Gasteiger partial charge in [0.2, 0.25) is 0 Å². The minimum absolute atomic E-state index is 0.287. The normalized spacial score (nSPS) is 11.8. The number of phenols is 1. The monoisotopic (exact) mass is 460 g/mol. The minimum atomic E-state index is -4.45. The molecule has 5 aromatic rings. The van der Waals surface area contributed by atoms with E-state index in [9.17, 15) is 18.1 Å². The average Bonchev–Trinajstić information content (AvgIpc) is 3.22. The molecule has 0 aliphatic carbocycles. The predicted molar refractivity (Wildman–Crippen MR) is 127 cm³/mol. The molecule has 0 unspecified atom stereocenters. The Morgan fingerprint density at radius 3 is 2.36 bits per heavy atom. The molecule has 0 saturated carbocycles. The molecule has 0 atom stereocenters. The molecule has 0 radical (unpaired) electrons. The first kappa shape index (κ1) is 21.0. The Morgan fingerprint density at radius 1 is 0.939 bits per heavy atom. The standard InChI is InChI=1S/C25H20N2O5S/c1-14-3-5-15(6-4-14)16-7-9-19(22(12-16)32-2)25-26-20-10-8-17-11-18(33(29,30)31)13-21(28)23(17)24(20)27-25/h3-13,28H,1-2H3,(H,26,27)(H,29,30,31). The number of H-pyrrole nitrogens is 1. The number of hydrogen-bond acceptors (Lipinski definition) is 5. The highest BCUT2D eigenvalue weighted by molar-refractivity contribution is 7.85. The maximum Gasteiger partial charge on any atom is 0.294 e. The first-order valence-electron chi connectivity index (χ1n) is 10.1. The van der Waals surface area contributed by atoms with Crippen molar-refractivity contribution >= 4 is 31.9 Å². The first-order valence-corrected chi connectivity index (χ1v) is 11.6. The van der Waals surface area contributed by atoms with Gasteiger partial charge in [-0.2, -0.15) is 8.42 Å². The van der Waals surface area contributed by atoms with Crippen molar-refractivity contribution in [2.24, 2.45) is 0 Å². The summed E-state index contributed by atoms with van der Waals surface area (Å²) in [6.45, 7) is 2.04. The number of benzene rings is 4. The van der Waals surface area contributed by atoms with Crippen LogP contribution in [0.3, 0.4) is 0 Å². The second-order valence-electron chi connectivity index (χ2n) is 7.84. The van der Waals surface area contributed by atoms with Crippen LogP contribution < -0.4 is 4.74 Å². The Hall–Kier alpha value is -3.88. The third-order valence-electron chi connectivity index (χ3n) is 5.66. The summed E-state index contributed by atoms with van der Waals surface area (Å²) in [6, 6.07) is 19.8. The lowest BCUT2D eigenvalue weighted by Crippen LogP contribution is -1.97. The summed E-state index contributed by atoms with van der Waals surface area (Å²) < 4.78 is 38.0. The van der Waals surface area contributed by atoms with Crippen molar-refractivity contribution in [3.05, 3.63) is 72.3 Å². The largest absolute Gasteiger partial charge is 0.507 e. The Labute approximate surface area is 190 Å². The quantitative estimate of drug-likeness (QED) is 0.313. The maximum atomic E-state index is 11.5. The van der Waals surface area contributed by atoms with E-state index in [4.69, 9.17) is 4.74 Å². The summed E-state index contributed by atoms with van der Waals surface area (Å²) in [5.74, 6) is 0.892. The van der Waals surface area contributed by atoms with Gasteiger partial charge < -0.3 is 14.8 Å². The molecule has 0 saturated heterocycles. The van der Waals surface area contributed by atoms with E-state index >= 15 is 0 Å².